The molecular weight excluding hydrogens is 403 g/mol. The van der Waals surface area contributed by atoms with Crippen LogP contribution >= 0.6 is 0 Å². The van der Waals surface area contributed by atoms with E-state index in [4.69, 9.17) is 0 Å². The molecule has 0 saturated heterocycles. The second-order valence-corrected chi connectivity index (χ2v) is 10.9. The molecule has 1 aliphatic carbocycles. The zero-order valence-electron chi connectivity index (χ0n) is 15.3. The van der Waals surface area contributed by atoms with Crippen molar-refractivity contribution >= 4 is 25.7 Å². The maximum atomic E-state index is 13.6. The average Bonchev–Trinajstić information content (AvgIpc) is 3.45. The lowest BCUT2D eigenvalue weighted by molar-refractivity contribution is 0.559. The Balaban J connectivity index is 1.69. The van der Waals surface area contributed by atoms with E-state index in [1.165, 1.54) is 46.8 Å². The number of nitrogens with zero attached hydrogens (tertiary/aromatic N) is 1. The molecule has 1 atom stereocenters. The van der Waals surface area contributed by atoms with E-state index in [1.807, 2.05) is 6.92 Å². The largest absolute Gasteiger partial charge is 0.264 e. The van der Waals surface area contributed by atoms with Crippen molar-refractivity contribution in [3.8, 4) is 0 Å². The summed E-state index contributed by atoms with van der Waals surface area (Å²) in [6, 6.07) is 9.00. The Bertz CT molecular complexity index is 1110. The van der Waals surface area contributed by atoms with Crippen LogP contribution in [0.4, 0.5) is 10.1 Å². The molecule has 0 bridgehead atoms. The summed E-state index contributed by atoms with van der Waals surface area (Å²) in [5.74, 6) is -0.400. The number of nitrogens with one attached hydrogen (secondary N) is 1. The molecular formula is C19H21FN2O4S2. The van der Waals surface area contributed by atoms with Crippen LogP contribution in [0.3, 0.4) is 0 Å². The van der Waals surface area contributed by atoms with E-state index in [0.29, 0.717) is 24.1 Å². The lowest BCUT2D eigenvalue weighted by Gasteiger charge is -2.36. The summed E-state index contributed by atoms with van der Waals surface area (Å²) in [7, 11) is -7.56. The van der Waals surface area contributed by atoms with Crippen molar-refractivity contribution in [3.05, 3.63) is 53.8 Å². The van der Waals surface area contributed by atoms with Crippen LogP contribution in [-0.4, -0.2) is 28.9 Å². The van der Waals surface area contributed by atoms with Crippen molar-refractivity contribution in [2.24, 2.45) is 0 Å². The number of hydrogen-bond donors (Lipinski definition) is 1. The minimum atomic E-state index is -3.91. The molecule has 0 spiro atoms. The number of sulfonamides is 2. The van der Waals surface area contributed by atoms with E-state index in [-0.39, 0.29) is 21.9 Å². The molecule has 1 fully saturated rings. The Kier molecular flexibility index (Phi) is 4.71. The van der Waals surface area contributed by atoms with Crippen molar-refractivity contribution in [1.29, 1.82) is 0 Å². The fourth-order valence-electron chi connectivity index (χ4n) is 3.45. The minimum Gasteiger partial charge on any atom is -0.263 e. The van der Waals surface area contributed by atoms with Gasteiger partial charge in [0.25, 0.3) is 10.0 Å². The molecule has 28 heavy (non-hydrogen) atoms. The van der Waals surface area contributed by atoms with Crippen LogP contribution in [0.2, 0.25) is 0 Å². The first-order valence-corrected chi connectivity index (χ1v) is 12.1. The summed E-state index contributed by atoms with van der Waals surface area (Å²) in [4.78, 5) is 0.0365. The summed E-state index contributed by atoms with van der Waals surface area (Å²) in [5, 5.41) is 0. The summed E-state index contributed by atoms with van der Waals surface area (Å²) in [6.45, 7) is 1.81. The third kappa shape index (κ3) is 3.54. The first-order chi connectivity index (χ1) is 13.2. The van der Waals surface area contributed by atoms with Gasteiger partial charge in [0.05, 0.1) is 15.5 Å². The topological polar surface area (TPSA) is 83.6 Å². The van der Waals surface area contributed by atoms with Crippen LogP contribution in [0.25, 0.3) is 0 Å². The molecule has 1 aliphatic heterocycles. The number of benzene rings is 2. The van der Waals surface area contributed by atoms with Crippen molar-refractivity contribution in [2.45, 2.75) is 54.5 Å². The Morgan fingerprint density at radius 2 is 1.61 bits per heavy atom. The molecule has 1 saturated carbocycles. The van der Waals surface area contributed by atoms with Crippen molar-refractivity contribution in [1.82, 2.24) is 4.72 Å². The van der Waals surface area contributed by atoms with Crippen LogP contribution in [0.15, 0.2) is 52.3 Å². The lowest BCUT2D eigenvalue weighted by Crippen LogP contribution is -2.42. The van der Waals surface area contributed by atoms with E-state index >= 15 is 0 Å². The van der Waals surface area contributed by atoms with Gasteiger partial charge in [0, 0.05) is 12.1 Å². The van der Waals surface area contributed by atoms with Gasteiger partial charge in [0.1, 0.15) is 5.82 Å². The second kappa shape index (κ2) is 6.82. The molecule has 2 aromatic rings. The number of hydrogen-bond acceptors (Lipinski definition) is 4. The minimum absolute atomic E-state index is 0.00176. The molecule has 0 aromatic heterocycles. The highest BCUT2D eigenvalue weighted by Gasteiger charge is 2.34. The van der Waals surface area contributed by atoms with Crippen molar-refractivity contribution < 1.29 is 21.2 Å². The van der Waals surface area contributed by atoms with Gasteiger partial charge in [-0.25, -0.2) is 25.9 Å². The third-order valence-electron chi connectivity index (χ3n) is 5.10. The quantitative estimate of drug-likeness (QED) is 0.800. The highest BCUT2D eigenvalue weighted by molar-refractivity contribution is 7.93. The number of rotatable bonds is 5. The lowest BCUT2D eigenvalue weighted by atomic mass is 9.99. The van der Waals surface area contributed by atoms with E-state index in [1.54, 1.807) is 0 Å². The fraction of sp³-hybridized carbons (Fsp3) is 0.368. The van der Waals surface area contributed by atoms with Gasteiger partial charge in [-0.15, -0.1) is 0 Å². The van der Waals surface area contributed by atoms with Crippen molar-refractivity contribution in [3.63, 3.8) is 0 Å². The molecule has 0 unspecified atom stereocenters. The van der Waals surface area contributed by atoms with Gasteiger partial charge in [-0.1, -0.05) is 0 Å². The summed E-state index contributed by atoms with van der Waals surface area (Å²) < 4.78 is 68.5. The van der Waals surface area contributed by atoms with Crippen LogP contribution in [0, 0.1) is 5.82 Å². The van der Waals surface area contributed by atoms with Gasteiger partial charge in [-0.3, -0.25) is 4.31 Å². The first-order valence-electron chi connectivity index (χ1n) is 9.14. The molecule has 2 aromatic carbocycles. The number of halogens is 1. The number of fused-ring (bicyclic) bond motifs is 1. The summed E-state index contributed by atoms with van der Waals surface area (Å²) in [5.41, 5.74) is 1.11. The molecule has 4 rings (SSSR count). The predicted octanol–water partition coefficient (Wildman–Crippen LogP) is 2.80. The Hall–Kier alpha value is -1.97. The highest BCUT2D eigenvalue weighted by Crippen LogP contribution is 2.36. The Morgan fingerprint density at radius 3 is 2.25 bits per heavy atom. The van der Waals surface area contributed by atoms with Gasteiger partial charge in [-0.05, 0) is 80.6 Å². The fourth-order valence-corrected chi connectivity index (χ4v) is 6.48. The molecule has 150 valence electrons. The van der Waals surface area contributed by atoms with Gasteiger partial charge >= 0.3 is 0 Å². The molecule has 1 heterocycles. The van der Waals surface area contributed by atoms with Gasteiger partial charge in [-0.2, -0.15) is 0 Å². The Morgan fingerprint density at radius 1 is 0.964 bits per heavy atom. The van der Waals surface area contributed by atoms with Crippen LogP contribution in [-0.2, 0) is 26.5 Å². The number of aryl methyl sites for hydroxylation is 1. The van der Waals surface area contributed by atoms with Crippen molar-refractivity contribution in [2.75, 3.05) is 4.31 Å². The summed E-state index contributed by atoms with van der Waals surface area (Å²) >= 11 is 0. The standard InChI is InChI=1S/C19H21FN2O4S2/c1-13-2-3-14-12-15(20)4-11-19(14)22(13)28(25,26)18-9-7-17(8-10-18)27(23,24)21-16-5-6-16/h4,7-13,16,21H,2-3,5-6H2,1H3/t13-/m0/s1. The average molecular weight is 425 g/mol. The molecule has 0 amide bonds. The van der Waals surface area contributed by atoms with E-state index in [2.05, 4.69) is 4.72 Å². The zero-order valence-corrected chi connectivity index (χ0v) is 16.9. The Labute approximate surface area is 164 Å². The number of anilines is 1. The van der Waals surface area contributed by atoms with E-state index in [0.717, 1.165) is 12.8 Å². The molecule has 6 nitrogen and oxygen atoms in total. The highest BCUT2D eigenvalue weighted by atomic mass is 32.2. The smallest absolute Gasteiger partial charge is 0.263 e. The van der Waals surface area contributed by atoms with Crippen LogP contribution in [0.1, 0.15) is 31.7 Å². The second-order valence-electron chi connectivity index (χ2n) is 7.33. The van der Waals surface area contributed by atoms with Gasteiger partial charge < -0.3 is 0 Å². The molecule has 1 N–H and O–H groups in total. The zero-order chi connectivity index (χ0) is 20.1. The monoisotopic (exact) mass is 424 g/mol. The first kappa shape index (κ1) is 19.4. The molecule has 0 radical (unpaired) electrons. The van der Waals surface area contributed by atoms with Crippen LogP contribution in [0.5, 0.6) is 0 Å². The summed E-state index contributed by atoms with van der Waals surface area (Å²) in [6.07, 6.45) is 2.81. The van der Waals surface area contributed by atoms with E-state index < -0.39 is 25.9 Å². The molecule has 2 aliphatic rings. The third-order valence-corrected chi connectivity index (χ3v) is 8.58. The molecule has 9 heteroatoms. The maximum Gasteiger partial charge on any atom is 0.264 e. The van der Waals surface area contributed by atoms with Gasteiger partial charge in [0.15, 0.2) is 0 Å². The predicted molar refractivity (Wildman–Crippen MR) is 104 cm³/mol. The SMILES string of the molecule is C[C@H]1CCc2cc(F)ccc2N1S(=O)(=O)c1ccc(S(=O)(=O)NC2CC2)cc1. The van der Waals surface area contributed by atoms with Gasteiger partial charge in [0.2, 0.25) is 10.0 Å². The maximum absolute atomic E-state index is 13.6. The van der Waals surface area contributed by atoms with Crippen LogP contribution < -0.4 is 9.03 Å². The van der Waals surface area contributed by atoms with E-state index in [9.17, 15) is 21.2 Å². The normalized spacial score (nSPS) is 20.1.